The lowest BCUT2D eigenvalue weighted by molar-refractivity contribution is 0.0218. The van der Waals surface area contributed by atoms with Crippen molar-refractivity contribution in [3.63, 3.8) is 0 Å². The van der Waals surface area contributed by atoms with Crippen molar-refractivity contribution in [1.29, 1.82) is 0 Å². The van der Waals surface area contributed by atoms with Crippen LogP contribution >= 0.6 is 0 Å². The summed E-state index contributed by atoms with van der Waals surface area (Å²) in [4.78, 5) is 45.6. The number of hydrogen-bond acceptors (Lipinski definition) is 7. The van der Waals surface area contributed by atoms with Gasteiger partial charge in [-0.25, -0.2) is 23.5 Å². The smallest absolute Gasteiger partial charge is 0.410 e. The quantitative estimate of drug-likeness (QED) is 0.235. The highest BCUT2D eigenvalue weighted by molar-refractivity contribution is 5.92. The van der Waals surface area contributed by atoms with Crippen LogP contribution in [0.1, 0.15) is 88.6 Å². The number of fused-ring (bicyclic) bond motifs is 1. The molecule has 1 aromatic carbocycles. The summed E-state index contributed by atoms with van der Waals surface area (Å²) in [5.74, 6) is 0.436. The second-order valence-electron chi connectivity index (χ2n) is 14.1. The van der Waals surface area contributed by atoms with Crippen LogP contribution in [0.5, 0.6) is 0 Å². The van der Waals surface area contributed by atoms with E-state index in [1.807, 2.05) is 67.5 Å². The SMILES string of the molecule is Cc1ccc(F)c(-c2nc3c(cc2C2CC2)c(N2CCN(C(=O)OC(C)(C)C)C[C@@H]2C)nc(=O)n3-c2c(C)ccnc2C(C)C)c1. The molecule has 6 rings (SSSR count). The molecule has 0 radical (unpaired) electrons. The molecule has 1 amide bonds. The van der Waals surface area contributed by atoms with Gasteiger partial charge in [-0.05, 0) is 102 Å². The fourth-order valence-corrected chi connectivity index (χ4v) is 6.36. The molecule has 4 heterocycles. The molecule has 1 aliphatic carbocycles. The topological polar surface area (TPSA) is 93.5 Å². The number of aryl methyl sites for hydroxylation is 2. The Morgan fingerprint density at radius 2 is 1.80 bits per heavy atom. The van der Waals surface area contributed by atoms with Crippen molar-refractivity contribution in [1.82, 2.24) is 24.4 Å². The van der Waals surface area contributed by atoms with Gasteiger partial charge in [0.05, 0.1) is 22.5 Å². The van der Waals surface area contributed by atoms with Crippen molar-refractivity contribution < 1.29 is 13.9 Å². The molecule has 242 valence electrons. The predicted molar refractivity (Wildman–Crippen MR) is 178 cm³/mol. The number of rotatable bonds is 5. The van der Waals surface area contributed by atoms with Crippen LogP contribution in [0.3, 0.4) is 0 Å². The van der Waals surface area contributed by atoms with Crippen molar-refractivity contribution in [3.05, 3.63) is 75.2 Å². The standard InChI is InChI=1S/C36H43FN6O3/c1-20(2)29-31(22(4)13-14-38-29)43-33-27(18-25(24-10-11-24)30(39-33)26-17-21(3)9-12-28(26)37)32(40-34(43)44)42-16-15-41(19-23(42)5)35(45)46-36(6,7)8/h9,12-14,17-18,20,23-24H,10-11,15-16,19H2,1-8H3/t23-/m0/s1. The monoisotopic (exact) mass is 626 g/mol. The van der Waals surface area contributed by atoms with Crippen molar-refractivity contribution in [3.8, 4) is 16.9 Å². The summed E-state index contributed by atoms with van der Waals surface area (Å²) in [7, 11) is 0. The Morgan fingerprint density at radius 3 is 2.46 bits per heavy atom. The van der Waals surface area contributed by atoms with Gasteiger partial charge in [0, 0.05) is 37.4 Å². The summed E-state index contributed by atoms with van der Waals surface area (Å²) in [6, 6.07) is 8.85. The second kappa shape index (κ2) is 11.8. The van der Waals surface area contributed by atoms with Gasteiger partial charge in [0.25, 0.3) is 0 Å². The first-order chi connectivity index (χ1) is 21.7. The molecule has 2 fully saturated rings. The summed E-state index contributed by atoms with van der Waals surface area (Å²) in [5, 5.41) is 0.717. The van der Waals surface area contributed by atoms with Crippen LogP contribution < -0.4 is 10.6 Å². The molecule has 1 saturated heterocycles. The van der Waals surface area contributed by atoms with Crippen molar-refractivity contribution in [2.45, 2.75) is 91.7 Å². The van der Waals surface area contributed by atoms with Gasteiger partial charge in [-0.1, -0.05) is 25.5 Å². The van der Waals surface area contributed by atoms with E-state index in [-0.39, 0.29) is 29.8 Å². The Labute approximate surface area is 269 Å². The summed E-state index contributed by atoms with van der Waals surface area (Å²) in [6.45, 7) is 16.8. The first-order valence-electron chi connectivity index (χ1n) is 16.2. The Kier molecular flexibility index (Phi) is 8.11. The highest BCUT2D eigenvalue weighted by Gasteiger charge is 2.35. The number of benzene rings is 1. The minimum absolute atomic E-state index is 0.0249. The second-order valence-corrected chi connectivity index (χ2v) is 14.1. The summed E-state index contributed by atoms with van der Waals surface area (Å²) in [6.07, 6.45) is 3.37. The number of ether oxygens (including phenoxy) is 1. The van der Waals surface area contributed by atoms with Crippen molar-refractivity contribution in [2.75, 3.05) is 24.5 Å². The highest BCUT2D eigenvalue weighted by Crippen LogP contribution is 2.46. The fraction of sp³-hybridized carbons (Fsp3) is 0.472. The first-order valence-corrected chi connectivity index (χ1v) is 16.2. The number of anilines is 1. The number of hydrogen-bond donors (Lipinski definition) is 0. The van der Waals surface area contributed by atoms with Crippen LogP contribution in [0.15, 0.2) is 41.3 Å². The average Bonchev–Trinajstić information content (AvgIpc) is 3.82. The molecule has 4 aromatic rings. The Morgan fingerprint density at radius 1 is 1.07 bits per heavy atom. The molecule has 46 heavy (non-hydrogen) atoms. The van der Waals surface area contributed by atoms with Crippen LogP contribution in [0.2, 0.25) is 0 Å². The lowest BCUT2D eigenvalue weighted by Crippen LogP contribution is -2.55. The van der Waals surface area contributed by atoms with E-state index in [0.29, 0.717) is 53.4 Å². The van der Waals surface area contributed by atoms with Crippen LogP contribution in [0, 0.1) is 19.7 Å². The Balaban J connectivity index is 1.59. The zero-order valence-corrected chi connectivity index (χ0v) is 28.0. The van der Waals surface area contributed by atoms with E-state index in [1.54, 1.807) is 21.7 Å². The molecule has 1 saturated carbocycles. The average molecular weight is 627 g/mol. The molecule has 0 unspecified atom stereocenters. The van der Waals surface area contributed by atoms with E-state index in [0.717, 1.165) is 35.2 Å². The van der Waals surface area contributed by atoms with Gasteiger partial charge in [0.1, 0.15) is 17.2 Å². The van der Waals surface area contributed by atoms with Gasteiger partial charge in [0.15, 0.2) is 5.65 Å². The maximum Gasteiger partial charge on any atom is 0.410 e. The molecule has 1 aliphatic heterocycles. The molecular formula is C36H43FN6O3. The Bertz CT molecular complexity index is 1890. The molecule has 9 nitrogen and oxygen atoms in total. The maximum atomic E-state index is 15.5. The number of pyridine rings is 2. The summed E-state index contributed by atoms with van der Waals surface area (Å²) >= 11 is 0. The van der Waals surface area contributed by atoms with Crippen molar-refractivity contribution in [2.24, 2.45) is 0 Å². The van der Waals surface area contributed by atoms with Gasteiger partial charge in [-0.3, -0.25) is 4.98 Å². The number of halogens is 1. The fourth-order valence-electron chi connectivity index (χ4n) is 6.36. The number of carbonyl (C=O) groups is 1. The van der Waals surface area contributed by atoms with Gasteiger partial charge < -0.3 is 14.5 Å². The molecule has 0 N–H and O–H groups in total. The largest absolute Gasteiger partial charge is 0.444 e. The first kappa shape index (κ1) is 31.6. The molecular weight excluding hydrogens is 583 g/mol. The number of amides is 1. The van der Waals surface area contributed by atoms with E-state index in [4.69, 9.17) is 14.7 Å². The van der Waals surface area contributed by atoms with Gasteiger partial charge in [-0.15, -0.1) is 0 Å². The van der Waals surface area contributed by atoms with Gasteiger partial charge in [0.2, 0.25) is 0 Å². The van der Waals surface area contributed by atoms with E-state index in [2.05, 4.69) is 16.0 Å². The predicted octanol–water partition coefficient (Wildman–Crippen LogP) is 7.05. The minimum Gasteiger partial charge on any atom is -0.444 e. The zero-order chi connectivity index (χ0) is 33.1. The maximum absolute atomic E-state index is 15.5. The third-order valence-corrected chi connectivity index (χ3v) is 8.75. The lowest BCUT2D eigenvalue weighted by atomic mass is 9.98. The third kappa shape index (κ3) is 5.97. The van der Waals surface area contributed by atoms with E-state index in [9.17, 15) is 9.59 Å². The van der Waals surface area contributed by atoms with Crippen LogP contribution in [0.25, 0.3) is 28.0 Å². The van der Waals surface area contributed by atoms with Crippen LogP contribution in [0.4, 0.5) is 15.0 Å². The van der Waals surface area contributed by atoms with E-state index >= 15 is 4.39 Å². The third-order valence-electron chi connectivity index (χ3n) is 8.75. The number of nitrogens with zero attached hydrogens (tertiary/aromatic N) is 6. The number of carbonyl (C=O) groups excluding carboxylic acids is 1. The van der Waals surface area contributed by atoms with Crippen molar-refractivity contribution >= 4 is 22.9 Å². The van der Waals surface area contributed by atoms with Crippen LogP contribution in [-0.4, -0.2) is 61.8 Å². The minimum atomic E-state index is -0.599. The van der Waals surface area contributed by atoms with Gasteiger partial charge >= 0.3 is 11.8 Å². The molecule has 3 aromatic heterocycles. The molecule has 1 atom stereocenters. The van der Waals surface area contributed by atoms with E-state index in [1.165, 1.54) is 6.07 Å². The zero-order valence-electron chi connectivity index (χ0n) is 28.0. The lowest BCUT2D eigenvalue weighted by Gasteiger charge is -2.41. The number of aromatic nitrogens is 4. The van der Waals surface area contributed by atoms with Gasteiger partial charge in [-0.2, -0.15) is 4.98 Å². The Hall–Kier alpha value is -4.34. The normalized spacial score (nSPS) is 17.2. The summed E-state index contributed by atoms with van der Waals surface area (Å²) < 4.78 is 22.7. The molecule has 0 spiro atoms. The highest BCUT2D eigenvalue weighted by atomic mass is 19.1. The summed E-state index contributed by atoms with van der Waals surface area (Å²) in [5.41, 5.74) is 4.46. The molecule has 2 aliphatic rings. The van der Waals surface area contributed by atoms with Crippen LogP contribution in [-0.2, 0) is 4.74 Å². The van der Waals surface area contributed by atoms with E-state index < -0.39 is 11.3 Å². The molecule has 0 bridgehead atoms. The molecule has 10 heteroatoms. The number of piperazine rings is 1.